The third kappa shape index (κ3) is 4.54. The van der Waals surface area contributed by atoms with Crippen molar-refractivity contribution in [1.29, 1.82) is 0 Å². The van der Waals surface area contributed by atoms with Gasteiger partial charge in [-0.3, -0.25) is 4.79 Å². The van der Waals surface area contributed by atoms with Crippen LogP contribution in [-0.2, 0) is 7.05 Å². The number of carbonyl (C=O) groups excluding carboxylic acids is 1. The zero-order valence-corrected chi connectivity index (χ0v) is 16.0. The van der Waals surface area contributed by atoms with Gasteiger partial charge in [-0.2, -0.15) is 0 Å². The Kier molecular flexibility index (Phi) is 6.24. The van der Waals surface area contributed by atoms with Crippen LogP contribution >= 0.6 is 11.8 Å². The van der Waals surface area contributed by atoms with Gasteiger partial charge in [0.25, 0.3) is 0 Å². The first-order valence-electron chi connectivity index (χ1n) is 8.54. The van der Waals surface area contributed by atoms with Crippen LogP contribution in [0.1, 0.15) is 23.2 Å². The van der Waals surface area contributed by atoms with Crippen LogP contribution in [0.4, 0.5) is 4.39 Å². The van der Waals surface area contributed by atoms with Gasteiger partial charge in [0.15, 0.2) is 16.8 Å². The maximum absolute atomic E-state index is 12.9. The standard InChI is InChI=1S/C20H20FN3O2S/c1-24-19(16-6-3-4-8-18(16)26-2)22-23-20(24)27-13-5-7-17(25)14-9-11-15(21)12-10-14/h3-4,6,8-12H,5,7,13H2,1-2H3. The lowest BCUT2D eigenvalue weighted by Crippen LogP contribution is -2.00. The highest BCUT2D eigenvalue weighted by molar-refractivity contribution is 7.99. The number of nitrogens with zero attached hydrogens (tertiary/aromatic N) is 3. The minimum atomic E-state index is -0.338. The molecule has 0 bridgehead atoms. The Morgan fingerprint density at radius 2 is 1.89 bits per heavy atom. The maximum Gasteiger partial charge on any atom is 0.191 e. The molecule has 0 radical (unpaired) electrons. The quantitative estimate of drug-likeness (QED) is 0.327. The molecule has 3 aromatic rings. The zero-order valence-electron chi connectivity index (χ0n) is 15.2. The van der Waals surface area contributed by atoms with Crippen molar-refractivity contribution in [3.8, 4) is 17.1 Å². The molecule has 1 heterocycles. The third-order valence-electron chi connectivity index (χ3n) is 4.13. The van der Waals surface area contributed by atoms with E-state index in [1.807, 2.05) is 35.9 Å². The first-order valence-corrected chi connectivity index (χ1v) is 9.53. The summed E-state index contributed by atoms with van der Waals surface area (Å²) in [5.41, 5.74) is 1.42. The van der Waals surface area contributed by atoms with Gasteiger partial charge < -0.3 is 9.30 Å². The second-order valence-electron chi connectivity index (χ2n) is 5.95. The fraction of sp³-hybridized carbons (Fsp3) is 0.250. The van der Waals surface area contributed by atoms with Gasteiger partial charge >= 0.3 is 0 Å². The Labute approximate surface area is 161 Å². The monoisotopic (exact) mass is 385 g/mol. The van der Waals surface area contributed by atoms with E-state index < -0.39 is 0 Å². The number of benzene rings is 2. The van der Waals surface area contributed by atoms with Crippen LogP contribution in [-0.4, -0.2) is 33.4 Å². The summed E-state index contributed by atoms with van der Waals surface area (Å²) in [4.78, 5) is 12.1. The van der Waals surface area contributed by atoms with E-state index in [4.69, 9.17) is 4.74 Å². The average molecular weight is 385 g/mol. The first-order chi connectivity index (χ1) is 13.1. The highest BCUT2D eigenvalue weighted by Gasteiger charge is 2.15. The van der Waals surface area contributed by atoms with E-state index in [-0.39, 0.29) is 11.6 Å². The van der Waals surface area contributed by atoms with E-state index >= 15 is 0 Å². The lowest BCUT2D eigenvalue weighted by atomic mass is 10.1. The molecule has 0 aliphatic carbocycles. The van der Waals surface area contributed by atoms with Gasteiger partial charge in [-0.15, -0.1) is 10.2 Å². The molecule has 5 nitrogen and oxygen atoms in total. The second kappa shape index (κ2) is 8.81. The predicted molar refractivity (Wildman–Crippen MR) is 104 cm³/mol. The summed E-state index contributed by atoms with van der Waals surface area (Å²) in [6, 6.07) is 13.3. The zero-order chi connectivity index (χ0) is 19.2. The van der Waals surface area contributed by atoms with Crippen LogP contribution < -0.4 is 4.74 Å². The van der Waals surface area contributed by atoms with Crippen LogP contribution in [0.2, 0.25) is 0 Å². The number of rotatable bonds is 8. The number of Topliss-reactive ketones (excluding diaryl/α,β-unsaturated/α-hetero) is 1. The number of thioether (sulfide) groups is 1. The van der Waals surface area contributed by atoms with Gasteiger partial charge in [-0.25, -0.2) is 4.39 Å². The van der Waals surface area contributed by atoms with Gasteiger partial charge in [0.2, 0.25) is 0 Å². The number of ketones is 1. The molecule has 0 saturated heterocycles. The van der Waals surface area contributed by atoms with Crippen LogP contribution in [0.15, 0.2) is 53.7 Å². The molecule has 0 aliphatic rings. The second-order valence-corrected chi connectivity index (χ2v) is 7.01. The van der Waals surface area contributed by atoms with Crippen molar-refractivity contribution in [2.75, 3.05) is 12.9 Å². The number of ether oxygens (including phenoxy) is 1. The van der Waals surface area contributed by atoms with E-state index in [0.717, 1.165) is 28.0 Å². The molecule has 0 N–H and O–H groups in total. The number of halogens is 1. The van der Waals surface area contributed by atoms with Gasteiger partial charge in [-0.1, -0.05) is 23.9 Å². The van der Waals surface area contributed by atoms with Crippen molar-refractivity contribution in [1.82, 2.24) is 14.8 Å². The Hall–Kier alpha value is -2.67. The highest BCUT2D eigenvalue weighted by Crippen LogP contribution is 2.30. The summed E-state index contributed by atoms with van der Waals surface area (Å²) in [6.07, 6.45) is 1.12. The Morgan fingerprint density at radius 3 is 2.63 bits per heavy atom. The molecule has 0 fully saturated rings. The van der Waals surface area contributed by atoms with Gasteiger partial charge in [0.05, 0.1) is 12.7 Å². The largest absolute Gasteiger partial charge is 0.496 e. The smallest absolute Gasteiger partial charge is 0.191 e. The van der Waals surface area contributed by atoms with E-state index in [0.29, 0.717) is 18.4 Å². The lowest BCUT2D eigenvalue weighted by Gasteiger charge is -2.08. The number of hydrogen-bond donors (Lipinski definition) is 0. The summed E-state index contributed by atoms with van der Waals surface area (Å²) in [6.45, 7) is 0. The molecule has 7 heteroatoms. The third-order valence-corrected chi connectivity index (χ3v) is 5.23. The summed E-state index contributed by atoms with van der Waals surface area (Å²) >= 11 is 1.55. The van der Waals surface area contributed by atoms with E-state index in [1.54, 1.807) is 18.9 Å². The van der Waals surface area contributed by atoms with Crippen molar-refractivity contribution in [2.45, 2.75) is 18.0 Å². The number of hydrogen-bond acceptors (Lipinski definition) is 5. The number of para-hydroxylation sites is 1. The van der Waals surface area contributed by atoms with E-state index in [9.17, 15) is 9.18 Å². The molecular formula is C20H20FN3O2S. The molecule has 3 rings (SSSR count). The van der Waals surface area contributed by atoms with Crippen LogP contribution in [0, 0.1) is 5.82 Å². The van der Waals surface area contributed by atoms with Crippen molar-refractivity contribution >= 4 is 17.5 Å². The SMILES string of the molecule is COc1ccccc1-c1nnc(SCCCC(=O)c2ccc(F)cc2)n1C. The Balaban J connectivity index is 1.57. The summed E-state index contributed by atoms with van der Waals surface area (Å²) < 4.78 is 20.2. The molecule has 1 aromatic heterocycles. The van der Waals surface area contributed by atoms with Gasteiger partial charge in [0, 0.05) is 24.8 Å². The van der Waals surface area contributed by atoms with Crippen molar-refractivity contribution in [3.63, 3.8) is 0 Å². The number of methoxy groups -OCH3 is 1. The maximum atomic E-state index is 12.9. The lowest BCUT2D eigenvalue weighted by molar-refractivity contribution is 0.0982. The minimum Gasteiger partial charge on any atom is -0.496 e. The van der Waals surface area contributed by atoms with Crippen molar-refractivity contribution in [3.05, 3.63) is 59.9 Å². The van der Waals surface area contributed by atoms with Crippen molar-refractivity contribution < 1.29 is 13.9 Å². The summed E-state index contributed by atoms with van der Waals surface area (Å²) in [7, 11) is 3.54. The molecular weight excluding hydrogens is 365 g/mol. The Morgan fingerprint density at radius 1 is 1.15 bits per heavy atom. The van der Waals surface area contributed by atoms with Crippen LogP contribution in [0.3, 0.4) is 0 Å². The molecule has 0 saturated carbocycles. The van der Waals surface area contributed by atoms with Crippen LogP contribution in [0.25, 0.3) is 11.4 Å². The summed E-state index contributed by atoms with van der Waals surface area (Å²) in [5.74, 6) is 1.90. The number of aromatic nitrogens is 3. The van der Waals surface area contributed by atoms with E-state index in [2.05, 4.69) is 10.2 Å². The Bertz CT molecular complexity index is 925. The first kappa shape index (κ1) is 19.1. The predicted octanol–water partition coefficient (Wildman–Crippen LogP) is 4.39. The minimum absolute atomic E-state index is 0.0169. The van der Waals surface area contributed by atoms with Gasteiger partial charge in [0.1, 0.15) is 11.6 Å². The highest BCUT2D eigenvalue weighted by atomic mass is 32.2. The molecule has 0 atom stereocenters. The molecule has 0 amide bonds. The molecule has 0 aliphatic heterocycles. The van der Waals surface area contributed by atoms with Crippen LogP contribution in [0.5, 0.6) is 5.75 Å². The topological polar surface area (TPSA) is 57.0 Å². The number of carbonyl (C=O) groups is 1. The molecule has 0 spiro atoms. The van der Waals surface area contributed by atoms with E-state index in [1.165, 1.54) is 24.3 Å². The average Bonchev–Trinajstić information content (AvgIpc) is 3.06. The molecule has 2 aromatic carbocycles. The molecule has 140 valence electrons. The normalized spacial score (nSPS) is 10.8. The fourth-order valence-corrected chi connectivity index (χ4v) is 3.53. The van der Waals surface area contributed by atoms with Gasteiger partial charge in [-0.05, 0) is 42.8 Å². The molecule has 27 heavy (non-hydrogen) atoms. The van der Waals surface area contributed by atoms with Crippen molar-refractivity contribution in [2.24, 2.45) is 7.05 Å². The fourth-order valence-electron chi connectivity index (χ4n) is 2.68. The summed E-state index contributed by atoms with van der Waals surface area (Å²) in [5, 5.41) is 9.30. The molecule has 0 unspecified atom stereocenters.